The van der Waals surface area contributed by atoms with Crippen molar-refractivity contribution in [3.63, 3.8) is 0 Å². The first-order chi connectivity index (χ1) is 4.24. The topological polar surface area (TPSA) is 75.3 Å². The number of carbonyl (C=O) groups excluding carboxylic acids is 1. The fourth-order valence-electron chi connectivity index (χ4n) is 0.901. The normalized spacial score (nSPS) is 34.7. The van der Waals surface area contributed by atoms with Gasteiger partial charge in [0.1, 0.15) is 0 Å². The lowest BCUT2D eigenvalue weighted by atomic mass is 10.2. The Balaban J connectivity index is 2.44. The molecule has 4 heteroatoms. The molecule has 4 nitrogen and oxygen atoms in total. The summed E-state index contributed by atoms with van der Waals surface area (Å²) in [6, 6.07) is -0.533. The Bertz CT molecular complexity index is 126. The van der Waals surface area contributed by atoms with Crippen LogP contribution in [0.15, 0.2) is 0 Å². The number of carbonyl (C=O) groups is 1. The molecule has 0 unspecified atom stereocenters. The fourth-order valence-corrected chi connectivity index (χ4v) is 0.901. The minimum atomic E-state index is -0.415. The van der Waals surface area contributed by atoms with Crippen LogP contribution in [-0.4, -0.2) is 29.7 Å². The first-order valence-corrected chi connectivity index (χ1v) is 2.91. The smallest absolute Gasteiger partial charge is 0.237 e. The lowest BCUT2D eigenvalue weighted by Gasteiger charge is -2.01. The molecule has 1 aliphatic heterocycles. The molecule has 2 atom stereocenters. The molecule has 0 aromatic rings. The van der Waals surface area contributed by atoms with Gasteiger partial charge in [-0.1, -0.05) is 0 Å². The van der Waals surface area contributed by atoms with Crippen LogP contribution in [0.25, 0.3) is 0 Å². The average molecular weight is 130 g/mol. The number of aliphatic hydroxyl groups excluding tert-OH is 1. The molecule has 4 N–H and O–H groups in total. The highest BCUT2D eigenvalue weighted by Crippen LogP contribution is 2.03. The Morgan fingerprint density at radius 3 is 2.78 bits per heavy atom. The molecule has 52 valence electrons. The van der Waals surface area contributed by atoms with Crippen molar-refractivity contribution in [2.45, 2.75) is 18.5 Å². The molecule has 1 heterocycles. The quantitative estimate of drug-likeness (QED) is 0.392. The van der Waals surface area contributed by atoms with Crippen LogP contribution in [0.3, 0.4) is 0 Å². The zero-order valence-corrected chi connectivity index (χ0v) is 5.00. The van der Waals surface area contributed by atoms with E-state index in [0.29, 0.717) is 6.42 Å². The number of nitrogens with one attached hydrogen (secondary N) is 1. The zero-order chi connectivity index (χ0) is 6.85. The molecule has 0 aromatic heterocycles. The number of rotatable bonds is 1. The summed E-state index contributed by atoms with van der Waals surface area (Å²) in [6.45, 7) is -0.0144. The van der Waals surface area contributed by atoms with E-state index in [9.17, 15) is 4.79 Å². The summed E-state index contributed by atoms with van der Waals surface area (Å²) in [7, 11) is 0. The van der Waals surface area contributed by atoms with Gasteiger partial charge in [0.25, 0.3) is 0 Å². The molecular weight excluding hydrogens is 120 g/mol. The molecule has 1 saturated heterocycles. The van der Waals surface area contributed by atoms with Crippen LogP contribution in [0.1, 0.15) is 6.42 Å². The van der Waals surface area contributed by atoms with Gasteiger partial charge in [-0.05, 0) is 6.42 Å². The average Bonchev–Trinajstić information content (AvgIpc) is 2.13. The van der Waals surface area contributed by atoms with Crippen molar-refractivity contribution in [3.05, 3.63) is 0 Å². The van der Waals surface area contributed by atoms with Crippen molar-refractivity contribution in [1.82, 2.24) is 5.32 Å². The maximum atomic E-state index is 10.6. The summed E-state index contributed by atoms with van der Waals surface area (Å²) < 4.78 is 0. The highest BCUT2D eigenvalue weighted by Gasteiger charge is 2.27. The first-order valence-electron chi connectivity index (χ1n) is 2.91. The molecule has 9 heavy (non-hydrogen) atoms. The highest BCUT2D eigenvalue weighted by atomic mass is 16.3. The molecule has 1 fully saturated rings. The Morgan fingerprint density at radius 1 is 1.89 bits per heavy atom. The van der Waals surface area contributed by atoms with Crippen molar-refractivity contribution in [2.75, 3.05) is 6.61 Å². The lowest BCUT2D eigenvalue weighted by molar-refractivity contribution is -0.120. The SMILES string of the molecule is N[C@@H]1C[C@H](CO)NC1=O. The summed E-state index contributed by atoms with van der Waals surface area (Å²) in [6.07, 6.45) is 0.551. The Hall–Kier alpha value is -0.610. The summed E-state index contributed by atoms with van der Waals surface area (Å²) in [4.78, 5) is 10.6. The molecule has 1 rings (SSSR count). The number of nitrogens with two attached hydrogens (primary N) is 1. The second-order valence-corrected chi connectivity index (χ2v) is 2.23. The van der Waals surface area contributed by atoms with E-state index in [0.717, 1.165) is 0 Å². The van der Waals surface area contributed by atoms with Crippen LogP contribution in [0.4, 0.5) is 0 Å². The third-order valence-corrected chi connectivity index (χ3v) is 1.44. The zero-order valence-electron chi connectivity index (χ0n) is 5.00. The van der Waals surface area contributed by atoms with Crippen LogP contribution in [0.5, 0.6) is 0 Å². The van der Waals surface area contributed by atoms with E-state index >= 15 is 0 Å². The lowest BCUT2D eigenvalue weighted by Crippen LogP contribution is -2.32. The monoisotopic (exact) mass is 130 g/mol. The van der Waals surface area contributed by atoms with Crippen molar-refractivity contribution >= 4 is 5.91 Å². The number of aliphatic hydroxyl groups is 1. The van der Waals surface area contributed by atoms with Gasteiger partial charge in [0.15, 0.2) is 0 Å². The Labute approximate surface area is 53.0 Å². The summed E-state index contributed by atoms with van der Waals surface area (Å²) in [5, 5.41) is 11.1. The standard InChI is InChI=1S/C5H10N2O2/c6-4-1-3(2-8)7-5(4)9/h3-4,8H,1-2,6H2,(H,7,9)/t3-,4-/m1/s1. The van der Waals surface area contributed by atoms with Gasteiger partial charge in [-0.15, -0.1) is 0 Å². The van der Waals surface area contributed by atoms with Crippen molar-refractivity contribution < 1.29 is 9.90 Å². The van der Waals surface area contributed by atoms with E-state index in [1.807, 2.05) is 0 Å². The predicted octanol–water partition coefficient (Wildman–Crippen LogP) is -1.81. The maximum Gasteiger partial charge on any atom is 0.237 e. The molecule has 0 saturated carbocycles. The minimum Gasteiger partial charge on any atom is -0.394 e. The molecule has 0 bridgehead atoms. The van der Waals surface area contributed by atoms with Gasteiger partial charge in [0, 0.05) is 0 Å². The largest absolute Gasteiger partial charge is 0.394 e. The van der Waals surface area contributed by atoms with Gasteiger partial charge < -0.3 is 16.2 Å². The highest BCUT2D eigenvalue weighted by molar-refractivity contribution is 5.84. The molecule has 1 aliphatic rings. The molecule has 1 amide bonds. The molecule has 0 aliphatic carbocycles. The molecular formula is C5H10N2O2. The van der Waals surface area contributed by atoms with E-state index in [4.69, 9.17) is 10.8 Å². The second kappa shape index (κ2) is 2.33. The number of hydrogen-bond donors (Lipinski definition) is 3. The van der Waals surface area contributed by atoms with E-state index in [2.05, 4.69) is 5.32 Å². The van der Waals surface area contributed by atoms with Crippen molar-refractivity contribution in [3.8, 4) is 0 Å². The first kappa shape index (κ1) is 6.51. The van der Waals surface area contributed by atoms with Gasteiger partial charge >= 0.3 is 0 Å². The van der Waals surface area contributed by atoms with Gasteiger partial charge in [-0.2, -0.15) is 0 Å². The minimum absolute atomic E-state index is 0.0144. The molecule has 0 spiro atoms. The summed E-state index contributed by atoms with van der Waals surface area (Å²) in [5.41, 5.74) is 5.32. The van der Waals surface area contributed by atoms with Gasteiger partial charge in [-0.25, -0.2) is 0 Å². The van der Waals surface area contributed by atoms with Crippen LogP contribution < -0.4 is 11.1 Å². The van der Waals surface area contributed by atoms with Crippen molar-refractivity contribution in [2.24, 2.45) is 5.73 Å². The predicted molar refractivity (Wildman–Crippen MR) is 31.6 cm³/mol. The fraction of sp³-hybridized carbons (Fsp3) is 0.800. The maximum absolute atomic E-state index is 10.6. The van der Waals surface area contributed by atoms with Crippen LogP contribution in [0, 0.1) is 0 Å². The van der Waals surface area contributed by atoms with Crippen LogP contribution in [-0.2, 0) is 4.79 Å². The molecule has 0 aromatic carbocycles. The third-order valence-electron chi connectivity index (χ3n) is 1.44. The second-order valence-electron chi connectivity index (χ2n) is 2.23. The van der Waals surface area contributed by atoms with Crippen LogP contribution in [0.2, 0.25) is 0 Å². The Morgan fingerprint density at radius 2 is 2.56 bits per heavy atom. The molecule has 0 radical (unpaired) electrons. The third kappa shape index (κ3) is 1.20. The van der Waals surface area contributed by atoms with Crippen LogP contribution >= 0.6 is 0 Å². The van der Waals surface area contributed by atoms with Gasteiger partial charge in [-0.3, -0.25) is 4.79 Å². The van der Waals surface area contributed by atoms with E-state index in [1.54, 1.807) is 0 Å². The van der Waals surface area contributed by atoms with E-state index in [-0.39, 0.29) is 18.6 Å². The van der Waals surface area contributed by atoms with Crippen molar-refractivity contribution in [1.29, 1.82) is 0 Å². The number of amides is 1. The van der Waals surface area contributed by atoms with E-state index in [1.165, 1.54) is 0 Å². The summed E-state index contributed by atoms with van der Waals surface area (Å²) >= 11 is 0. The number of hydrogen-bond acceptors (Lipinski definition) is 3. The van der Waals surface area contributed by atoms with E-state index < -0.39 is 6.04 Å². The summed E-state index contributed by atoms with van der Waals surface area (Å²) in [5.74, 6) is -0.158. The Kier molecular flexibility index (Phi) is 1.68. The van der Waals surface area contributed by atoms with Gasteiger partial charge in [0.05, 0.1) is 18.7 Å². The van der Waals surface area contributed by atoms with Gasteiger partial charge in [0.2, 0.25) is 5.91 Å².